The number of anilines is 1. The number of amides is 3. The molecule has 2 aromatic carbocycles. The predicted octanol–water partition coefficient (Wildman–Crippen LogP) is 2.66. The summed E-state index contributed by atoms with van der Waals surface area (Å²) in [6.07, 6.45) is 3.88. The van der Waals surface area contributed by atoms with Gasteiger partial charge >= 0.3 is 0 Å². The lowest BCUT2D eigenvalue weighted by atomic mass is 10.0. The number of nitrogens with two attached hydrogens (primary N) is 1. The molecule has 0 atom stereocenters. The Morgan fingerprint density at radius 1 is 1.19 bits per heavy atom. The van der Waals surface area contributed by atoms with E-state index >= 15 is 0 Å². The van der Waals surface area contributed by atoms with E-state index in [4.69, 9.17) is 18.0 Å². The maximum atomic E-state index is 13.3. The molecule has 3 amide bonds. The molecule has 1 saturated heterocycles. The molecule has 0 bridgehead atoms. The van der Waals surface area contributed by atoms with Gasteiger partial charge in [0.25, 0.3) is 11.8 Å². The Morgan fingerprint density at radius 2 is 1.91 bits per heavy atom. The van der Waals surface area contributed by atoms with Gasteiger partial charge in [-0.05, 0) is 54.5 Å². The molecule has 0 aliphatic carbocycles. The minimum Gasteiger partial charge on any atom is -0.368 e. The topological polar surface area (TPSA) is 97.4 Å². The van der Waals surface area contributed by atoms with Crippen molar-refractivity contribution in [1.82, 2.24) is 9.88 Å². The van der Waals surface area contributed by atoms with Crippen LogP contribution in [0.5, 0.6) is 0 Å². The van der Waals surface area contributed by atoms with E-state index in [-0.39, 0.29) is 17.2 Å². The molecule has 4 rings (SSSR count). The van der Waals surface area contributed by atoms with Crippen molar-refractivity contribution < 1.29 is 18.8 Å². The molecule has 3 aromatic rings. The van der Waals surface area contributed by atoms with Gasteiger partial charge in [0.2, 0.25) is 5.91 Å². The number of primary amides is 1. The third kappa shape index (κ3) is 3.78. The molecule has 3 N–H and O–H groups in total. The van der Waals surface area contributed by atoms with Crippen LogP contribution in [-0.2, 0) is 27.3 Å². The lowest BCUT2D eigenvalue weighted by molar-refractivity contribution is -0.122. The third-order valence-corrected chi connectivity index (χ3v) is 5.49. The summed E-state index contributed by atoms with van der Waals surface area (Å²) in [5.74, 6) is -2.24. The van der Waals surface area contributed by atoms with Crippen LogP contribution < -0.4 is 16.0 Å². The summed E-state index contributed by atoms with van der Waals surface area (Å²) in [4.78, 5) is 38.6. The average Bonchev–Trinajstić information content (AvgIpc) is 3.09. The van der Waals surface area contributed by atoms with Crippen LogP contribution in [0, 0.1) is 5.82 Å². The smallest absolute Gasteiger partial charge is 0.270 e. The maximum Gasteiger partial charge on any atom is 0.270 e. The number of carbonyl (C=O) groups is 3. The molecule has 0 spiro atoms. The Balaban J connectivity index is 1.84. The predicted molar refractivity (Wildman–Crippen MR) is 123 cm³/mol. The van der Waals surface area contributed by atoms with Crippen LogP contribution in [0.2, 0.25) is 0 Å². The van der Waals surface area contributed by atoms with E-state index in [0.717, 1.165) is 27.8 Å². The average molecular weight is 450 g/mol. The molecule has 1 fully saturated rings. The van der Waals surface area contributed by atoms with Crippen molar-refractivity contribution in [1.29, 1.82) is 0 Å². The van der Waals surface area contributed by atoms with Crippen molar-refractivity contribution in [3.8, 4) is 0 Å². The first-order chi connectivity index (χ1) is 15.3. The van der Waals surface area contributed by atoms with Gasteiger partial charge in [-0.25, -0.2) is 4.39 Å². The fraction of sp³-hybridized carbons (Fsp3) is 0.130. The number of carbonyl (C=O) groups excluding carboxylic acids is 3. The molecule has 162 valence electrons. The lowest BCUT2D eigenvalue weighted by Crippen LogP contribution is -2.54. The SMILES string of the molecule is CCc1cccc2c(C=C3C(=O)NC(=S)N(c4ccc(F)cc4)C3=O)cn(CC(N)=O)c12. The summed E-state index contributed by atoms with van der Waals surface area (Å²) in [6, 6.07) is 10.9. The van der Waals surface area contributed by atoms with Gasteiger partial charge in [0.1, 0.15) is 17.9 Å². The second kappa shape index (κ2) is 8.35. The van der Waals surface area contributed by atoms with Crippen molar-refractivity contribution in [3.05, 3.63) is 71.2 Å². The molecule has 1 aliphatic heterocycles. The fourth-order valence-electron chi connectivity index (χ4n) is 3.80. The van der Waals surface area contributed by atoms with E-state index in [1.165, 1.54) is 30.3 Å². The zero-order valence-electron chi connectivity index (χ0n) is 17.1. The number of rotatable bonds is 5. The van der Waals surface area contributed by atoms with Crippen molar-refractivity contribution in [3.63, 3.8) is 0 Å². The molecule has 0 unspecified atom stereocenters. The van der Waals surface area contributed by atoms with Crippen molar-refractivity contribution >= 4 is 57.7 Å². The molecular formula is C23H19FN4O3S. The fourth-order valence-corrected chi connectivity index (χ4v) is 4.08. The standard InChI is InChI=1S/C23H19FN4O3S/c1-2-13-4-3-5-17-14(11-27(20(13)17)12-19(25)29)10-18-21(30)26-23(32)28(22(18)31)16-8-6-15(24)7-9-16/h3-11H,2,12H2,1H3,(H2,25,29)(H,26,30,32). The van der Waals surface area contributed by atoms with E-state index in [9.17, 15) is 18.8 Å². The second-order valence-corrected chi connectivity index (χ2v) is 7.67. The van der Waals surface area contributed by atoms with Gasteiger partial charge in [0.15, 0.2) is 5.11 Å². The van der Waals surface area contributed by atoms with Gasteiger partial charge in [-0.2, -0.15) is 0 Å². The minimum absolute atomic E-state index is 0.0391. The Bertz CT molecular complexity index is 1310. The van der Waals surface area contributed by atoms with E-state index in [0.29, 0.717) is 11.3 Å². The molecule has 2 heterocycles. The Labute approximate surface area is 188 Å². The summed E-state index contributed by atoms with van der Waals surface area (Å²) in [6.45, 7) is 1.96. The van der Waals surface area contributed by atoms with Crippen molar-refractivity contribution in [2.75, 3.05) is 4.90 Å². The molecule has 1 aliphatic rings. The first kappa shape index (κ1) is 21.4. The Kier molecular flexibility index (Phi) is 5.58. The van der Waals surface area contributed by atoms with Crippen LogP contribution in [0.1, 0.15) is 18.1 Å². The number of hydrogen-bond donors (Lipinski definition) is 2. The van der Waals surface area contributed by atoms with Crippen LogP contribution in [0.15, 0.2) is 54.2 Å². The number of nitrogens with one attached hydrogen (secondary N) is 1. The number of halogens is 1. The summed E-state index contributed by atoms with van der Waals surface area (Å²) < 4.78 is 15.0. The molecular weight excluding hydrogens is 431 g/mol. The summed E-state index contributed by atoms with van der Waals surface area (Å²) in [7, 11) is 0. The highest BCUT2D eigenvalue weighted by molar-refractivity contribution is 7.80. The number of hydrogen-bond acceptors (Lipinski definition) is 4. The summed E-state index contributed by atoms with van der Waals surface area (Å²) >= 11 is 5.17. The normalized spacial score (nSPS) is 15.5. The lowest BCUT2D eigenvalue weighted by Gasteiger charge is -2.28. The highest BCUT2D eigenvalue weighted by Crippen LogP contribution is 2.29. The van der Waals surface area contributed by atoms with Crippen molar-refractivity contribution in [2.45, 2.75) is 19.9 Å². The van der Waals surface area contributed by atoms with Crippen LogP contribution in [0.4, 0.5) is 10.1 Å². The summed E-state index contributed by atoms with van der Waals surface area (Å²) in [5, 5.41) is 3.20. The van der Waals surface area contributed by atoms with Crippen LogP contribution in [0.3, 0.4) is 0 Å². The number of nitrogens with zero attached hydrogens (tertiary/aromatic N) is 2. The largest absolute Gasteiger partial charge is 0.368 e. The first-order valence-corrected chi connectivity index (χ1v) is 10.3. The number of thiocarbonyl (C=S) groups is 1. The summed E-state index contributed by atoms with van der Waals surface area (Å²) in [5.41, 5.74) is 8.01. The molecule has 32 heavy (non-hydrogen) atoms. The highest BCUT2D eigenvalue weighted by atomic mass is 32.1. The zero-order chi connectivity index (χ0) is 23.0. The van der Waals surface area contributed by atoms with Crippen LogP contribution in [-0.4, -0.2) is 27.4 Å². The van der Waals surface area contributed by atoms with Gasteiger partial charge < -0.3 is 10.3 Å². The zero-order valence-corrected chi connectivity index (χ0v) is 17.9. The molecule has 0 saturated carbocycles. The third-order valence-electron chi connectivity index (χ3n) is 5.21. The Morgan fingerprint density at radius 3 is 2.56 bits per heavy atom. The number of aryl methyl sites for hydroxylation is 1. The van der Waals surface area contributed by atoms with Crippen LogP contribution >= 0.6 is 12.2 Å². The van der Waals surface area contributed by atoms with E-state index < -0.39 is 23.5 Å². The van der Waals surface area contributed by atoms with E-state index in [1.54, 1.807) is 10.8 Å². The molecule has 7 nitrogen and oxygen atoms in total. The Hall–Kier alpha value is -3.85. The highest BCUT2D eigenvalue weighted by Gasteiger charge is 2.34. The molecule has 1 aromatic heterocycles. The van der Waals surface area contributed by atoms with Gasteiger partial charge in [-0.15, -0.1) is 0 Å². The van der Waals surface area contributed by atoms with Crippen molar-refractivity contribution in [2.24, 2.45) is 5.73 Å². The quantitative estimate of drug-likeness (QED) is 0.355. The van der Waals surface area contributed by atoms with Gasteiger partial charge in [-0.3, -0.25) is 24.6 Å². The molecule has 0 radical (unpaired) electrons. The molecule has 9 heteroatoms. The number of fused-ring (bicyclic) bond motifs is 1. The number of aromatic nitrogens is 1. The number of benzene rings is 2. The van der Waals surface area contributed by atoms with Gasteiger partial charge in [-0.1, -0.05) is 25.1 Å². The second-order valence-electron chi connectivity index (χ2n) is 7.28. The first-order valence-electron chi connectivity index (χ1n) is 9.86. The maximum absolute atomic E-state index is 13.3. The minimum atomic E-state index is -0.638. The van der Waals surface area contributed by atoms with Crippen LogP contribution in [0.25, 0.3) is 17.0 Å². The monoisotopic (exact) mass is 450 g/mol. The van der Waals surface area contributed by atoms with E-state index in [2.05, 4.69) is 5.32 Å². The van der Waals surface area contributed by atoms with Gasteiger partial charge in [0, 0.05) is 17.1 Å². The number of para-hydroxylation sites is 1. The van der Waals surface area contributed by atoms with E-state index in [1.807, 2.05) is 25.1 Å². The van der Waals surface area contributed by atoms with Gasteiger partial charge in [0.05, 0.1) is 11.2 Å².